The fourth-order valence-electron chi connectivity index (χ4n) is 3.15. The Labute approximate surface area is 130 Å². The number of hydrogen-bond acceptors (Lipinski definition) is 2. The van der Waals surface area contributed by atoms with Crippen molar-refractivity contribution < 1.29 is 4.74 Å². The molecule has 108 valence electrons. The molecule has 0 fully saturated rings. The standard InChI is InChI=1S/C20H17NO/c1-22-17-13-11-16(12-14-17)21-19-10-6-5-9-18(19)20(21)15-7-3-2-4-8-15/h2-14,20H,1H3. The molecule has 22 heavy (non-hydrogen) atoms. The van der Waals surface area contributed by atoms with Gasteiger partial charge in [-0.2, -0.15) is 0 Å². The number of para-hydroxylation sites is 1. The molecule has 4 rings (SSSR count). The van der Waals surface area contributed by atoms with E-state index in [0.717, 1.165) is 5.75 Å². The molecule has 0 saturated heterocycles. The summed E-state index contributed by atoms with van der Waals surface area (Å²) in [5.41, 5.74) is 5.16. The van der Waals surface area contributed by atoms with Crippen molar-refractivity contribution in [3.05, 3.63) is 90.0 Å². The average Bonchev–Trinajstić information content (AvgIpc) is 2.58. The van der Waals surface area contributed by atoms with Crippen LogP contribution in [-0.2, 0) is 0 Å². The second kappa shape index (κ2) is 5.23. The summed E-state index contributed by atoms with van der Waals surface area (Å²) in [6.07, 6.45) is 0. The molecule has 0 radical (unpaired) electrons. The Morgan fingerprint density at radius 1 is 0.773 bits per heavy atom. The molecule has 0 spiro atoms. The first-order chi connectivity index (χ1) is 10.9. The van der Waals surface area contributed by atoms with Crippen LogP contribution in [-0.4, -0.2) is 7.11 Å². The van der Waals surface area contributed by atoms with Gasteiger partial charge in [-0.15, -0.1) is 0 Å². The first-order valence-corrected chi connectivity index (χ1v) is 7.45. The van der Waals surface area contributed by atoms with Crippen molar-refractivity contribution in [1.82, 2.24) is 0 Å². The second-order valence-corrected chi connectivity index (χ2v) is 5.44. The molecule has 1 aliphatic heterocycles. The third kappa shape index (κ3) is 1.96. The van der Waals surface area contributed by atoms with Crippen LogP contribution in [0.5, 0.6) is 5.75 Å². The highest BCUT2D eigenvalue weighted by atomic mass is 16.5. The minimum atomic E-state index is 0.283. The number of hydrogen-bond donors (Lipinski definition) is 0. The summed E-state index contributed by atoms with van der Waals surface area (Å²) in [5, 5.41) is 0. The number of fused-ring (bicyclic) bond motifs is 1. The van der Waals surface area contributed by atoms with Gasteiger partial charge in [0.05, 0.1) is 13.2 Å². The van der Waals surface area contributed by atoms with Gasteiger partial charge >= 0.3 is 0 Å². The summed E-state index contributed by atoms with van der Waals surface area (Å²) in [6.45, 7) is 0. The zero-order chi connectivity index (χ0) is 14.9. The van der Waals surface area contributed by atoms with E-state index in [1.165, 1.54) is 22.5 Å². The number of nitrogens with zero attached hydrogens (tertiary/aromatic N) is 1. The molecule has 1 unspecified atom stereocenters. The smallest absolute Gasteiger partial charge is 0.119 e. The zero-order valence-electron chi connectivity index (χ0n) is 12.4. The van der Waals surface area contributed by atoms with Gasteiger partial charge < -0.3 is 9.64 Å². The van der Waals surface area contributed by atoms with Crippen LogP contribution in [0.3, 0.4) is 0 Å². The molecule has 3 aromatic carbocycles. The molecule has 0 saturated carbocycles. The van der Waals surface area contributed by atoms with E-state index in [-0.39, 0.29) is 6.04 Å². The zero-order valence-corrected chi connectivity index (χ0v) is 12.4. The van der Waals surface area contributed by atoms with Crippen LogP contribution in [0.15, 0.2) is 78.9 Å². The molecule has 3 aromatic rings. The molecular formula is C20H17NO. The number of ether oxygens (including phenoxy) is 1. The Bertz CT molecular complexity index is 780. The van der Waals surface area contributed by atoms with Gasteiger partial charge in [0.15, 0.2) is 0 Å². The van der Waals surface area contributed by atoms with Crippen molar-refractivity contribution in [3.63, 3.8) is 0 Å². The maximum absolute atomic E-state index is 5.26. The van der Waals surface area contributed by atoms with E-state index in [4.69, 9.17) is 4.74 Å². The topological polar surface area (TPSA) is 12.5 Å². The molecule has 0 amide bonds. The van der Waals surface area contributed by atoms with E-state index in [2.05, 4.69) is 71.6 Å². The van der Waals surface area contributed by atoms with Crippen LogP contribution >= 0.6 is 0 Å². The van der Waals surface area contributed by atoms with Crippen LogP contribution in [0.1, 0.15) is 17.2 Å². The van der Waals surface area contributed by atoms with E-state index in [1.807, 2.05) is 12.1 Å². The van der Waals surface area contributed by atoms with Crippen LogP contribution < -0.4 is 9.64 Å². The van der Waals surface area contributed by atoms with Gasteiger partial charge in [-0.3, -0.25) is 0 Å². The monoisotopic (exact) mass is 287 g/mol. The third-order valence-electron chi connectivity index (χ3n) is 4.21. The number of benzene rings is 3. The van der Waals surface area contributed by atoms with E-state index in [9.17, 15) is 0 Å². The second-order valence-electron chi connectivity index (χ2n) is 5.44. The predicted octanol–water partition coefficient (Wildman–Crippen LogP) is 4.94. The molecule has 0 aliphatic carbocycles. The van der Waals surface area contributed by atoms with Gasteiger partial charge in [0.1, 0.15) is 5.75 Å². The van der Waals surface area contributed by atoms with Crippen molar-refractivity contribution in [3.8, 4) is 5.75 Å². The van der Waals surface area contributed by atoms with Crippen LogP contribution in [0.25, 0.3) is 0 Å². The normalized spacial score (nSPS) is 15.9. The molecule has 0 bridgehead atoms. The minimum absolute atomic E-state index is 0.283. The Morgan fingerprint density at radius 2 is 1.45 bits per heavy atom. The van der Waals surface area contributed by atoms with Gasteiger partial charge in [-0.05, 0) is 35.9 Å². The molecule has 0 N–H and O–H groups in total. The summed E-state index contributed by atoms with van der Waals surface area (Å²) in [5.74, 6) is 0.883. The Kier molecular flexibility index (Phi) is 3.08. The first-order valence-electron chi connectivity index (χ1n) is 7.45. The van der Waals surface area contributed by atoms with Gasteiger partial charge in [0, 0.05) is 16.9 Å². The summed E-state index contributed by atoms with van der Waals surface area (Å²) >= 11 is 0. The van der Waals surface area contributed by atoms with E-state index in [1.54, 1.807) is 7.11 Å². The Hall–Kier alpha value is -2.74. The average molecular weight is 287 g/mol. The molecular weight excluding hydrogens is 270 g/mol. The molecule has 2 nitrogen and oxygen atoms in total. The molecule has 0 aromatic heterocycles. The van der Waals surface area contributed by atoms with Crippen LogP contribution in [0.4, 0.5) is 11.4 Å². The SMILES string of the molecule is COc1ccc(N2c3ccccc3C2c2ccccc2)cc1. The lowest BCUT2D eigenvalue weighted by Gasteiger charge is -2.45. The van der Waals surface area contributed by atoms with Crippen molar-refractivity contribution in [2.24, 2.45) is 0 Å². The van der Waals surface area contributed by atoms with Gasteiger partial charge in [0.25, 0.3) is 0 Å². The molecule has 2 heteroatoms. The summed E-state index contributed by atoms with van der Waals surface area (Å²) in [4.78, 5) is 2.38. The third-order valence-corrected chi connectivity index (χ3v) is 4.21. The molecule has 1 heterocycles. The van der Waals surface area contributed by atoms with Crippen molar-refractivity contribution >= 4 is 11.4 Å². The van der Waals surface area contributed by atoms with Crippen LogP contribution in [0, 0.1) is 0 Å². The maximum atomic E-state index is 5.26. The van der Waals surface area contributed by atoms with E-state index < -0.39 is 0 Å². The largest absolute Gasteiger partial charge is 0.497 e. The quantitative estimate of drug-likeness (QED) is 0.676. The number of rotatable bonds is 3. The van der Waals surface area contributed by atoms with Crippen molar-refractivity contribution in [1.29, 1.82) is 0 Å². The maximum Gasteiger partial charge on any atom is 0.119 e. The number of methoxy groups -OCH3 is 1. The molecule has 1 atom stereocenters. The fraction of sp³-hybridized carbons (Fsp3) is 0.100. The summed E-state index contributed by atoms with van der Waals surface area (Å²) in [7, 11) is 1.70. The Morgan fingerprint density at radius 3 is 2.18 bits per heavy atom. The van der Waals surface area contributed by atoms with Crippen LogP contribution in [0.2, 0.25) is 0 Å². The highest BCUT2D eigenvalue weighted by Gasteiger charge is 2.36. The number of anilines is 2. The highest BCUT2D eigenvalue weighted by Crippen LogP contribution is 2.51. The Balaban J connectivity index is 1.79. The summed E-state index contributed by atoms with van der Waals surface area (Å²) in [6, 6.07) is 27.8. The lowest BCUT2D eigenvalue weighted by molar-refractivity contribution is 0.415. The lowest BCUT2D eigenvalue weighted by Crippen LogP contribution is -2.34. The van der Waals surface area contributed by atoms with Crippen molar-refractivity contribution in [2.45, 2.75) is 6.04 Å². The lowest BCUT2D eigenvalue weighted by atomic mass is 9.87. The molecule has 1 aliphatic rings. The minimum Gasteiger partial charge on any atom is -0.497 e. The van der Waals surface area contributed by atoms with Gasteiger partial charge in [0.2, 0.25) is 0 Å². The van der Waals surface area contributed by atoms with Gasteiger partial charge in [-0.25, -0.2) is 0 Å². The fourth-order valence-corrected chi connectivity index (χ4v) is 3.15. The summed E-state index contributed by atoms with van der Waals surface area (Å²) < 4.78 is 5.26. The predicted molar refractivity (Wildman–Crippen MR) is 89.9 cm³/mol. The van der Waals surface area contributed by atoms with E-state index in [0.29, 0.717) is 0 Å². The van der Waals surface area contributed by atoms with Crippen molar-refractivity contribution in [2.75, 3.05) is 12.0 Å². The highest BCUT2D eigenvalue weighted by molar-refractivity contribution is 5.79. The van der Waals surface area contributed by atoms with Gasteiger partial charge in [-0.1, -0.05) is 48.5 Å². The van der Waals surface area contributed by atoms with E-state index >= 15 is 0 Å². The first kappa shape index (κ1) is 13.0.